The van der Waals surface area contributed by atoms with E-state index in [2.05, 4.69) is 4.72 Å². The maximum Gasteiger partial charge on any atom is 0.241 e. The lowest BCUT2D eigenvalue weighted by molar-refractivity contribution is -0.135. The van der Waals surface area contributed by atoms with Crippen molar-refractivity contribution in [2.45, 2.75) is 50.1 Å². The summed E-state index contributed by atoms with van der Waals surface area (Å²) in [6.07, 6.45) is 2.79. The third-order valence-corrected chi connectivity index (χ3v) is 5.45. The van der Waals surface area contributed by atoms with E-state index in [9.17, 15) is 22.0 Å². The van der Waals surface area contributed by atoms with Gasteiger partial charge in [-0.15, -0.1) is 0 Å². The molecule has 1 aliphatic heterocycles. The molecule has 1 saturated heterocycles. The molecule has 2 atom stereocenters. The summed E-state index contributed by atoms with van der Waals surface area (Å²) in [7, 11) is -4.18. The van der Waals surface area contributed by atoms with Gasteiger partial charge in [-0.3, -0.25) is 4.79 Å². The molecule has 1 aromatic carbocycles. The molecule has 0 saturated carbocycles. The van der Waals surface area contributed by atoms with E-state index >= 15 is 0 Å². The number of hydrogen-bond donors (Lipinski definition) is 1. The zero-order chi connectivity index (χ0) is 17.2. The van der Waals surface area contributed by atoms with Crippen molar-refractivity contribution in [2.75, 3.05) is 6.54 Å². The normalized spacial score (nSPS) is 20.3. The van der Waals surface area contributed by atoms with Crippen molar-refractivity contribution in [3.63, 3.8) is 0 Å². The van der Waals surface area contributed by atoms with Crippen LogP contribution in [0, 0.1) is 11.6 Å². The molecule has 0 spiro atoms. The summed E-state index contributed by atoms with van der Waals surface area (Å²) in [4.78, 5) is 13.5. The van der Waals surface area contributed by atoms with Crippen molar-refractivity contribution in [3.05, 3.63) is 29.8 Å². The Balaban J connectivity index is 2.14. The van der Waals surface area contributed by atoms with E-state index in [0.717, 1.165) is 19.3 Å². The second-order valence-electron chi connectivity index (χ2n) is 5.82. The van der Waals surface area contributed by atoms with Gasteiger partial charge in [0.1, 0.15) is 11.6 Å². The fraction of sp³-hybridized carbons (Fsp3) is 0.533. The molecule has 2 rings (SSSR count). The van der Waals surface area contributed by atoms with Gasteiger partial charge in [0.25, 0.3) is 0 Å². The van der Waals surface area contributed by atoms with Gasteiger partial charge in [0.05, 0.1) is 10.9 Å². The van der Waals surface area contributed by atoms with Gasteiger partial charge >= 0.3 is 0 Å². The first-order valence-corrected chi connectivity index (χ1v) is 8.98. The van der Waals surface area contributed by atoms with Crippen molar-refractivity contribution in [2.24, 2.45) is 0 Å². The van der Waals surface area contributed by atoms with E-state index in [1.54, 1.807) is 4.90 Å². The molecule has 1 aliphatic rings. The van der Waals surface area contributed by atoms with E-state index in [4.69, 9.17) is 0 Å². The second-order valence-corrected chi connectivity index (χ2v) is 7.54. The summed E-state index contributed by atoms with van der Waals surface area (Å²) in [5.74, 6) is -2.32. The number of piperidine rings is 1. The van der Waals surface area contributed by atoms with E-state index in [0.29, 0.717) is 24.7 Å². The Morgan fingerprint density at radius 2 is 1.87 bits per heavy atom. The van der Waals surface area contributed by atoms with Crippen LogP contribution in [-0.2, 0) is 14.8 Å². The molecule has 1 fully saturated rings. The van der Waals surface area contributed by atoms with Crippen LogP contribution in [0.15, 0.2) is 23.1 Å². The number of halogens is 2. The average molecular weight is 346 g/mol. The fourth-order valence-corrected chi connectivity index (χ4v) is 3.95. The SMILES string of the molecule is CC(NS(=O)(=O)c1cc(F)cc(F)c1)C(=O)N1CCCCC1C. The molecule has 0 aliphatic carbocycles. The number of hydrogen-bond acceptors (Lipinski definition) is 3. The van der Waals surface area contributed by atoms with Gasteiger partial charge < -0.3 is 4.90 Å². The Bertz CT molecular complexity index is 674. The van der Waals surface area contributed by atoms with Crippen LogP contribution < -0.4 is 4.72 Å². The predicted octanol–water partition coefficient (Wildman–Crippen LogP) is 2.03. The lowest BCUT2D eigenvalue weighted by Crippen LogP contribution is -2.51. The monoisotopic (exact) mass is 346 g/mol. The number of benzene rings is 1. The van der Waals surface area contributed by atoms with Gasteiger partial charge in [0.2, 0.25) is 15.9 Å². The van der Waals surface area contributed by atoms with Crippen LogP contribution >= 0.6 is 0 Å². The number of carbonyl (C=O) groups excluding carboxylic acids is 1. The van der Waals surface area contributed by atoms with E-state index in [1.165, 1.54) is 6.92 Å². The summed E-state index contributed by atoms with van der Waals surface area (Å²) >= 11 is 0. The quantitative estimate of drug-likeness (QED) is 0.907. The molecule has 0 bridgehead atoms. The summed E-state index contributed by atoms with van der Waals surface area (Å²) < 4.78 is 53.0. The van der Waals surface area contributed by atoms with E-state index in [-0.39, 0.29) is 11.9 Å². The van der Waals surface area contributed by atoms with Crippen LogP contribution in [0.3, 0.4) is 0 Å². The molecule has 128 valence electrons. The number of sulfonamides is 1. The van der Waals surface area contributed by atoms with Crippen LogP contribution in [0.2, 0.25) is 0 Å². The highest BCUT2D eigenvalue weighted by atomic mass is 32.2. The molecular formula is C15H20F2N2O3S. The highest BCUT2D eigenvalue weighted by Gasteiger charge is 2.30. The smallest absolute Gasteiger partial charge is 0.241 e. The minimum atomic E-state index is -4.18. The molecule has 1 heterocycles. The van der Waals surface area contributed by atoms with Gasteiger partial charge in [0, 0.05) is 18.7 Å². The summed E-state index contributed by atoms with van der Waals surface area (Å²) in [5, 5.41) is 0. The van der Waals surface area contributed by atoms with Crippen LogP contribution in [0.25, 0.3) is 0 Å². The molecule has 0 radical (unpaired) electrons. The Hall–Kier alpha value is -1.54. The van der Waals surface area contributed by atoms with Crippen molar-refractivity contribution in [3.8, 4) is 0 Å². The number of rotatable bonds is 4. The summed E-state index contributed by atoms with van der Waals surface area (Å²) in [6.45, 7) is 3.93. The Labute approximate surface area is 134 Å². The van der Waals surface area contributed by atoms with Gasteiger partial charge in [-0.2, -0.15) is 4.72 Å². The zero-order valence-electron chi connectivity index (χ0n) is 13.1. The zero-order valence-corrected chi connectivity index (χ0v) is 13.9. The molecule has 0 aromatic heterocycles. The molecule has 1 amide bonds. The largest absolute Gasteiger partial charge is 0.339 e. The second kappa shape index (κ2) is 6.92. The van der Waals surface area contributed by atoms with E-state index < -0.39 is 32.6 Å². The van der Waals surface area contributed by atoms with Crippen molar-refractivity contribution >= 4 is 15.9 Å². The Morgan fingerprint density at radius 3 is 2.43 bits per heavy atom. The first kappa shape index (κ1) is 17.8. The van der Waals surface area contributed by atoms with Crippen LogP contribution in [0.1, 0.15) is 33.1 Å². The number of carbonyl (C=O) groups is 1. The van der Waals surface area contributed by atoms with Crippen molar-refractivity contribution < 1.29 is 22.0 Å². The molecule has 1 aromatic rings. The maximum absolute atomic E-state index is 13.2. The van der Waals surface area contributed by atoms with Crippen molar-refractivity contribution in [1.82, 2.24) is 9.62 Å². The molecule has 23 heavy (non-hydrogen) atoms. The van der Waals surface area contributed by atoms with Gasteiger partial charge in [-0.05, 0) is 45.2 Å². The van der Waals surface area contributed by atoms with Crippen LogP contribution in [0.4, 0.5) is 8.78 Å². The van der Waals surface area contributed by atoms with Crippen LogP contribution in [0.5, 0.6) is 0 Å². The Kier molecular flexibility index (Phi) is 5.36. The maximum atomic E-state index is 13.2. The summed E-state index contributed by atoms with van der Waals surface area (Å²) in [5.41, 5.74) is 0. The highest BCUT2D eigenvalue weighted by Crippen LogP contribution is 2.18. The number of likely N-dealkylation sites (tertiary alicyclic amines) is 1. The first-order valence-electron chi connectivity index (χ1n) is 7.49. The minimum absolute atomic E-state index is 0.0508. The van der Waals surface area contributed by atoms with Gasteiger partial charge in [0.15, 0.2) is 0 Å². The lowest BCUT2D eigenvalue weighted by atomic mass is 10.0. The molecule has 1 N–H and O–H groups in total. The summed E-state index contributed by atoms with van der Waals surface area (Å²) in [6, 6.07) is 1.06. The lowest BCUT2D eigenvalue weighted by Gasteiger charge is -2.35. The highest BCUT2D eigenvalue weighted by molar-refractivity contribution is 7.89. The number of amides is 1. The predicted molar refractivity (Wildman–Crippen MR) is 81.2 cm³/mol. The number of nitrogens with zero attached hydrogens (tertiary/aromatic N) is 1. The molecule has 2 unspecified atom stereocenters. The van der Waals surface area contributed by atoms with E-state index in [1.807, 2.05) is 6.92 Å². The standard InChI is InChI=1S/C15H20F2N2O3S/c1-10-5-3-4-6-19(10)15(20)11(2)18-23(21,22)14-8-12(16)7-13(17)9-14/h7-11,18H,3-6H2,1-2H3. The Morgan fingerprint density at radius 1 is 1.26 bits per heavy atom. The molecule has 8 heteroatoms. The van der Waals surface area contributed by atoms with Gasteiger partial charge in [-0.1, -0.05) is 0 Å². The molecule has 5 nitrogen and oxygen atoms in total. The van der Waals surface area contributed by atoms with Gasteiger partial charge in [-0.25, -0.2) is 17.2 Å². The number of nitrogens with one attached hydrogen (secondary N) is 1. The van der Waals surface area contributed by atoms with Crippen molar-refractivity contribution in [1.29, 1.82) is 0 Å². The minimum Gasteiger partial charge on any atom is -0.339 e. The third-order valence-electron chi connectivity index (χ3n) is 3.93. The fourth-order valence-electron chi connectivity index (χ4n) is 2.71. The topological polar surface area (TPSA) is 66.5 Å². The average Bonchev–Trinajstić information content (AvgIpc) is 2.45. The van der Waals surface area contributed by atoms with Crippen LogP contribution in [-0.4, -0.2) is 37.9 Å². The first-order chi connectivity index (χ1) is 10.7. The third kappa shape index (κ3) is 4.26. The molecular weight excluding hydrogens is 326 g/mol.